The van der Waals surface area contributed by atoms with Gasteiger partial charge in [0.1, 0.15) is 0 Å². The summed E-state index contributed by atoms with van der Waals surface area (Å²) in [6, 6.07) is 0. The van der Waals surface area contributed by atoms with Gasteiger partial charge in [0, 0.05) is 6.42 Å². The third-order valence-corrected chi connectivity index (χ3v) is 3.60. The van der Waals surface area contributed by atoms with Gasteiger partial charge in [-0.15, -0.1) is 0 Å². The van der Waals surface area contributed by atoms with Crippen LogP contribution in [0.1, 0.15) is 91.9 Å². The molecule has 0 aliphatic rings. The Hall–Kier alpha value is -0.530. The fourth-order valence-electron chi connectivity index (χ4n) is 2.28. The van der Waals surface area contributed by atoms with Gasteiger partial charge in [-0.2, -0.15) is 0 Å². The van der Waals surface area contributed by atoms with Gasteiger partial charge in [-0.3, -0.25) is 4.79 Å². The molecule has 0 heterocycles. The van der Waals surface area contributed by atoms with Crippen molar-refractivity contribution in [3.05, 3.63) is 0 Å². The van der Waals surface area contributed by atoms with E-state index < -0.39 is 0 Å². The van der Waals surface area contributed by atoms with Crippen LogP contribution in [0.5, 0.6) is 0 Å². The van der Waals surface area contributed by atoms with Crippen LogP contribution in [-0.2, 0) is 9.53 Å². The van der Waals surface area contributed by atoms with E-state index in [1.54, 1.807) is 0 Å². The Labute approximate surface area is 126 Å². The highest BCUT2D eigenvalue weighted by Gasteiger charge is 2.03. The second kappa shape index (κ2) is 13.5. The summed E-state index contributed by atoms with van der Waals surface area (Å²) in [5.74, 6) is 1.53. The van der Waals surface area contributed by atoms with E-state index in [2.05, 4.69) is 27.7 Å². The number of ether oxygens (including phenoxy) is 1. The van der Waals surface area contributed by atoms with Crippen LogP contribution in [-0.4, -0.2) is 12.6 Å². The Morgan fingerprint density at radius 3 is 1.85 bits per heavy atom. The molecule has 0 aliphatic carbocycles. The van der Waals surface area contributed by atoms with Crippen molar-refractivity contribution < 1.29 is 9.53 Å². The fourth-order valence-corrected chi connectivity index (χ4v) is 2.28. The standard InChI is InChI=1S/C18H36O2/c1-16(2)12-9-7-5-6-8-10-14-18(19)20-15-11-13-17(3)4/h16-17H,5-15H2,1-4H3. The van der Waals surface area contributed by atoms with Gasteiger partial charge in [0.2, 0.25) is 0 Å². The van der Waals surface area contributed by atoms with Crippen LogP contribution in [0.15, 0.2) is 0 Å². The summed E-state index contributed by atoms with van der Waals surface area (Å²) in [5, 5.41) is 0. The summed E-state index contributed by atoms with van der Waals surface area (Å²) < 4.78 is 5.22. The summed E-state index contributed by atoms with van der Waals surface area (Å²) in [4.78, 5) is 11.5. The van der Waals surface area contributed by atoms with Crippen LogP contribution in [0.4, 0.5) is 0 Å². The Balaban J connectivity index is 3.19. The van der Waals surface area contributed by atoms with Crippen molar-refractivity contribution in [1.82, 2.24) is 0 Å². The smallest absolute Gasteiger partial charge is 0.305 e. The highest BCUT2D eigenvalue weighted by molar-refractivity contribution is 5.69. The van der Waals surface area contributed by atoms with Crippen molar-refractivity contribution in [2.75, 3.05) is 6.61 Å². The molecule has 0 bridgehead atoms. The molecule has 2 heteroatoms. The van der Waals surface area contributed by atoms with Crippen LogP contribution in [0.25, 0.3) is 0 Å². The monoisotopic (exact) mass is 284 g/mol. The molecule has 20 heavy (non-hydrogen) atoms. The van der Waals surface area contributed by atoms with Crippen molar-refractivity contribution in [2.24, 2.45) is 11.8 Å². The maximum Gasteiger partial charge on any atom is 0.305 e. The van der Waals surface area contributed by atoms with Crippen molar-refractivity contribution in [3.63, 3.8) is 0 Å². The Kier molecular flexibility index (Phi) is 13.1. The third kappa shape index (κ3) is 15.5. The zero-order valence-electron chi connectivity index (χ0n) is 14.2. The largest absolute Gasteiger partial charge is 0.466 e. The number of carbonyl (C=O) groups excluding carboxylic acids is 1. The molecule has 0 N–H and O–H groups in total. The molecule has 120 valence electrons. The average molecular weight is 284 g/mol. The van der Waals surface area contributed by atoms with E-state index in [1.807, 2.05) is 0 Å². The third-order valence-electron chi connectivity index (χ3n) is 3.60. The van der Waals surface area contributed by atoms with Gasteiger partial charge in [-0.05, 0) is 31.1 Å². The number of rotatable bonds is 13. The second-order valence-electron chi connectivity index (χ2n) is 6.81. The highest BCUT2D eigenvalue weighted by atomic mass is 16.5. The number of esters is 1. The van der Waals surface area contributed by atoms with E-state index in [-0.39, 0.29) is 5.97 Å². The van der Waals surface area contributed by atoms with E-state index >= 15 is 0 Å². The molecule has 0 atom stereocenters. The molecule has 0 aliphatic heterocycles. The maximum atomic E-state index is 11.5. The topological polar surface area (TPSA) is 26.3 Å². The lowest BCUT2D eigenvalue weighted by molar-refractivity contribution is -0.143. The summed E-state index contributed by atoms with van der Waals surface area (Å²) in [5.41, 5.74) is 0. The van der Waals surface area contributed by atoms with Crippen LogP contribution in [0.3, 0.4) is 0 Å². The molecule has 0 amide bonds. The Morgan fingerprint density at radius 1 is 0.750 bits per heavy atom. The molecule has 0 saturated heterocycles. The summed E-state index contributed by atoms with van der Waals surface area (Å²) >= 11 is 0. The number of hydrogen-bond acceptors (Lipinski definition) is 2. The second-order valence-corrected chi connectivity index (χ2v) is 6.81. The summed E-state index contributed by atoms with van der Waals surface area (Å²) in [6.45, 7) is 9.57. The van der Waals surface area contributed by atoms with Crippen molar-refractivity contribution in [1.29, 1.82) is 0 Å². The SMILES string of the molecule is CC(C)CCCCCCCCC(=O)OCCCC(C)C. The summed E-state index contributed by atoms with van der Waals surface area (Å²) in [6.07, 6.45) is 11.5. The molecule has 0 unspecified atom stereocenters. The van der Waals surface area contributed by atoms with E-state index in [1.165, 1.54) is 38.5 Å². The minimum Gasteiger partial charge on any atom is -0.466 e. The molecule has 0 saturated carbocycles. The van der Waals surface area contributed by atoms with Crippen molar-refractivity contribution in [2.45, 2.75) is 91.9 Å². The number of hydrogen-bond donors (Lipinski definition) is 0. The average Bonchev–Trinajstić information content (AvgIpc) is 2.37. The predicted molar refractivity (Wildman–Crippen MR) is 86.8 cm³/mol. The van der Waals surface area contributed by atoms with E-state index in [0.29, 0.717) is 18.9 Å². The molecule has 0 radical (unpaired) electrons. The predicted octanol–water partition coefficient (Wildman–Crippen LogP) is 5.74. The molecule has 0 rings (SSSR count). The maximum absolute atomic E-state index is 11.5. The molecule has 0 aromatic carbocycles. The summed E-state index contributed by atoms with van der Waals surface area (Å²) in [7, 11) is 0. The molecule has 0 fully saturated rings. The highest BCUT2D eigenvalue weighted by Crippen LogP contribution is 2.12. The van der Waals surface area contributed by atoms with Gasteiger partial charge in [-0.25, -0.2) is 0 Å². The Morgan fingerprint density at radius 2 is 1.25 bits per heavy atom. The van der Waals surface area contributed by atoms with Crippen LogP contribution >= 0.6 is 0 Å². The normalized spacial score (nSPS) is 11.3. The number of unbranched alkanes of at least 4 members (excludes halogenated alkanes) is 5. The van der Waals surface area contributed by atoms with Gasteiger partial charge < -0.3 is 4.74 Å². The minimum absolute atomic E-state index is 0.00596. The fraction of sp³-hybridized carbons (Fsp3) is 0.944. The van der Waals surface area contributed by atoms with Gasteiger partial charge in [0.05, 0.1) is 6.61 Å². The lowest BCUT2D eigenvalue weighted by Gasteiger charge is -2.07. The minimum atomic E-state index is -0.00596. The van der Waals surface area contributed by atoms with Gasteiger partial charge in [-0.1, -0.05) is 66.2 Å². The Bertz CT molecular complexity index is 221. The van der Waals surface area contributed by atoms with Crippen LogP contribution in [0.2, 0.25) is 0 Å². The van der Waals surface area contributed by atoms with Crippen molar-refractivity contribution >= 4 is 5.97 Å². The van der Waals surface area contributed by atoms with Gasteiger partial charge in [0.15, 0.2) is 0 Å². The molecule has 0 aromatic heterocycles. The first-order valence-electron chi connectivity index (χ1n) is 8.68. The zero-order valence-corrected chi connectivity index (χ0v) is 14.2. The first-order valence-corrected chi connectivity index (χ1v) is 8.68. The molecule has 0 spiro atoms. The van der Waals surface area contributed by atoms with Crippen LogP contribution in [0, 0.1) is 11.8 Å². The lowest BCUT2D eigenvalue weighted by atomic mass is 10.0. The van der Waals surface area contributed by atoms with Gasteiger partial charge >= 0.3 is 5.97 Å². The van der Waals surface area contributed by atoms with Gasteiger partial charge in [0.25, 0.3) is 0 Å². The number of carbonyl (C=O) groups is 1. The molecular weight excluding hydrogens is 248 g/mol. The first kappa shape index (κ1) is 19.5. The first-order chi connectivity index (χ1) is 9.52. The molecule has 2 nitrogen and oxygen atoms in total. The van der Waals surface area contributed by atoms with E-state index in [4.69, 9.17) is 4.74 Å². The molecular formula is C18H36O2. The van der Waals surface area contributed by atoms with E-state index in [9.17, 15) is 4.79 Å². The van der Waals surface area contributed by atoms with E-state index in [0.717, 1.165) is 25.2 Å². The lowest BCUT2D eigenvalue weighted by Crippen LogP contribution is -2.06. The quantitative estimate of drug-likeness (QED) is 0.318. The molecule has 0 aromatic rings. The van der Waals surface area contributed by atoms with Crippen LogP contribution < -0.4 is 0 Å². The van der Waals surface area contributed by atoms with Crippen molar-refractivity contribution in [3.8, 4) is 0 Å². The zero-order chi connectivity index (χ0) is 15.2.